The Bertz CT molecular complexity index is 736. The van der Waals surface area contributed by atoms with Crippen molar-refractivity contribution in [1.29, 1.82) is 0 Å². The molecule has 120 valence electrons. The number of amides is 1. The van der Waals surface area contributed by atoms with Gasteiger partial charge in [0.05, 0.1) is 18.0 Å². The second-order valence-corrected chi connectivity index (χ2v) is 4.75. The van der Waals surface area contributed by atoms with Crippen LogP contribution in [0, 0.1) is 22.9 Å². The lowest BCUT2D eigenvalue weighted by molar-refractivity contribution is -0.386. The van der Waals surface area contributed by atoms with Crippen molar-refractivity contribution in [3.8, 4) is 5.88 Å². The maximum Gasteiger partial charge on any atom is 0.331 e. The Labute approximate surface area is 131 Å². The molecule has 8 heteroatoms. The first-order valence-corrected chi connectivity index (χ1v) is 6.75. The van der Waals surface area contributed by atoms with Crippen LogP contribution in [0.4, 0.5) is 15.8 Å². The zero-order valence-corrected chi connectivity index (χ0v) is 12.3. The van der Waals surface area contributed by atoms with Crippen LogP contribution < -0.4 is 10.1 Å². The van der Waals surface area contributed by atoms with Crippen molar-refractivity contribution in [2.75, 3.05) is 11.9 Å². The number of hydrogen-bond acceptors (Lipinski definition) is 5. The predicted molar refractivity (Wildman–Crippen MR) is 80.8 cm³/mol. The van der Waals surface area contributed by atoms with Crippen LogP contribution in [0.25, 0.3) is 0 Å². The van der Waals surface area contributed by atoms with Gasteiger partial charge < -0.3 is 10.1 Å². The number of nitrogens with zero attached hydrogens (tertiary/aromatic N) is 2. The van der Waals surface area contributed by atoms with Crippen LogP contribution in [0.15, 0.2) is 36.5 Å². The van der Waals surface area contributed by atoms with Gasteiger partial charge in [0.2, 0.25) is 5.91 Å². The minimum Gasteiger partial charge on any atom is -0.472 e. The number of anilines is 1. The molecular weight excluding hydrogens is 305 g/mol. The maximum absolute atomic E-state index is 13.0. The molecule has 0 saturated carbocycles. The molecule has 2 aromatic rings. The molecule has 0 aliphatic heterocycles. The van der Waals surface area contributed by atoms with E-state index in [1.54, 1.807) is 13.0 Å². The number of ether oxygens (including phenoxy) is 1. The fourth-order valence-corrected chi connectivity index (χ4v) is 1.81. The number of carbonyl (C=O) groups is 1. The smallest absolute Gasteiger partial charge is 0.331 e. The van der Waals surface area contributed by atoms with Crippen molar-refractivity contribution in [3.63, 3.8) is 0 Å². The molecule has 0 spiro atoms. The van der Waals surface area contributed by atoms with E-state index in [0.29, 0.717) is 11.3 Å². The number of halogens is 1. The number of aromatic nitrogens is 1. The van der Waals surface area contributed by atoms with E-state index in [-0.39, 0.29) is 24.6 Å². The van der Waals surface area contributed by atoms with E-state index in [9.17, 15) is 19.3 Å². The molecule has 1 N–H and O–H groups in total. The van der Waals surface area contributed by atoms with Gasteiger partial charge in [0.25, 0.3) is 5.88 Å². The van der Waals surface area contributed by atoms with Crippen molar-refractivity contribution < 1.29 is 18.8 Å². The third kappa shape index (κ3) is 4.73. The molecule has 0 aliphatic carbocycles. The van der Waals surface area contributed by atoms with Crippen molar-refractivity contribution in [2.45, 2.75) is 13.3 Å². The SMILES string of the molecule is Cc1cnc(OCCC(=O)Nc2cccc(F)c2)c([N+](=O)[O-])c1. The first-order chi connectivity index (χ1) is 11.0. The predicted octanol–water partition coefficient (Wildman–Crippen LogP) is 2.84. The van der Waals surface area contributed by atoms with Crippen molar-refractivity contribution >= 4 is 17.3 Å². The van der Waals surface area contributed by atoms with Gasteiger partial charge in [-0.2, -0.15) is 0 Å². The zero-order valence-electron chi connectivity index (χ0n) is 12.3. The Morgan fingerprint density at radius 1 is 1.43 bits per heavy atom. The maximum atomic E-state index is 13.0. The van der Waals surface area contributed by atoms with E-state index in [0.717, 1.165) is 0 Å². The van der Waals surface area contributed by atoms with Gasteiger partial charge >= 0.3 is 5.69 Å². The van der Waals surface area contributed by atoms with E-state index in [1.165, 1.54) is 30.5 Å². The van der Waals surface area contributed by atoms with Gasteiger partial charge in [-0.15, -0.1) is 0 Å². The first-order valence-electron chi connectivity index (χ1n) is 6.75. The molecule has 0 unspecified atom stereocenters. The summed E-state index contributed by atoms with van der Waals surface area (Å²) in [5.41, 5.74) is 0.706. The van der Waals surface area contributed by atoms with Gasteiger partial charge in [0.1, 0.15) is 5.82 Å². The molecule has 1 aromatic heterocycles. The summed E-state index contributed by atoms with van der Waals surface area (Å²) < 4.78 is 18.2. The number of rotatable bonds is 6. The molecule has 1 amide bonds. The monoisotopic (exact) mass is 319 g/mol. The van der Waals surface area contributed by atoms with Crippen LogP contribution in [0.5, 0.6) is 5.88 Å². The summed E-state index contributed by atoms with van der Waals surface area (Å²) in [7, 11) is 0. The number of nitro groups is 1. The molecule has 23 heavy (non-hydrogen) atoms. The van der Waals surface area contributed by atoms with Gasteiger partial charge in [-0.1, -0.05) is 6.07 Å². The second-order valence-electron chi connectivity index (χ2n) is 4.75. The average molecular weight is 319 g/mol. The lowest BCUT2D eigenvalue weighted by atomic mass is 10.3. The third-order valence-corrected chi connectivity index (χ3v) is 2.84. The highest BCUT2D eigenvalue weighted by atomic mass is 19.1. The number of carbonyl (C=O) groups excluding carboxylic acids is 1. The third-order valence-electron chi connectivity index (χ3n) is 2.84. The molecule has 0 bridgehead atoms. The van der Waals surface area contributed by atoms with Gasteiger partial charge in [-0.25, -0.2) is 9.37 Å². The van der Waals surface area contributed by atoms with E-state index in [4.69, 9.17) is 4.74 Å². The molecule has 0 fully saturated rings. The van der Waals surface area contributed by atoms with E-state index < -0.39 is 16.6 Å². The van der Waals surface area contributed by atoms with Crippen LogP contribution in [0.2, 0.25) is 0 Å². The lowest BCUT2D eigenvalue weighted by Crippen LogP contribution is -2.15. The van der Waals surface area contributed by atoms with Gasteiger partial charge in [-0.05, 0) is 30.7 Å². The van der Waals surface area contributed by atoms with E-state index in [2.05, 4.69) is 10.3 Å². The van der Waals surface area contributed by atoms with Crippen LogP contribution in [0.1, 0.15) is 12.0 Å². The molecule has 2 rings (SSSR count). The average Bonchev–Trinajstić information content (AvgIpc) is 2.48. The quantitative estimate of drug-likeness (QED) is 0.652. The van der Waals surface area contributed by atoms with Gasteiger partial charge in [-0.3, -0.25) is 14.9 Å². The summed E-state index contributed by atoms with van der Waals surface area (Å²) in [6, 6.07) is 6.82. The topological polar surface area (TPSA) is 94.4 Å². The fraction of sp³-hybridized carbons (Fsp3) is 0.200. The highest BCUT2D eigenvalue weighted by Crippen LogP contribution is 2.24. The van der Waals surface area contributed by atoms with E-state index in [1.807, 2.05) is 0 Å². The molecule has 1 heterocycles. The van der Waals surface area contributed by atoms with Crippen LogP contribution >= 0.6 is 0 Å². The molecular formula is C15H14FN3O4. The van der Waals surface area contributed by atoms with Gasteiger partial charge in [0, 0.05) is 18.0 Å². The highest BCUT2D eigenvalue weighted by molar-refractivity contribution is 5.90. The number of nitrogens with one attached hydrogen (secondary N) is 1. The van der Waals surface area contributed by atoms with Crippen LogP contribution in [0.3, 0.4) is 0 Å². The lowest BCUT2D eigenvalue weighted by Gasteiger charge is -2.07. The van der Waals surface area contributed by atoms with Crippen molar-refractivity contribution in [2.24, 2.45) is 0 Å². The largest absolute Gasteiger partial charge is 0.472 e. The summed E-state index contributed by atoms with van der Waals surface area (Å²) >= 11 is 0. The van der Waals surface area contributed by atoms with Crippen molar-refractivity contribution in [1.82, 2.24) is 4.98 Å². The number of pyridine rings is 1. The molecule has 0 radical (unpaired) electrons. The van der Waals surface area contributed by atoms with Crippen LogP contribution in [-0.4, -0.2) is 22.4 Å². The number of aryl methyl sites for hydroxylation is 1. The molecule has 0 atom stereocenters. The van der Waals surface area contributed by atoms with Gasteiger partial charge in [0.15, 0.2) is 0 Å². The summed E-state index contributed by atoms with van der Waals surface area (Å²) in [4.78, 5) is 25.9. The molecule has 0 saturated heterocycles. The molecule has 0 aliphatic rings. The molecule has 1 aromatic carbocycles. The standard InChI is InChI=1S/C15H14FN3O4/c1-10-7-13(19(21)22)15(17-9-10)23-6-5-14(20)18-12-4-2-3-11(16)8-12/h2-4,7-9H,5-6H2,1H3,(H,18,20). The minimum absolute atomic E-state index is 0.0524. The number of benzene rings is 1. The summed E-state index contributed by atoms with van der Waals surface area (Å²) in [6.45, 7) is 1.59. The van der Waals surface area contributed by atoms with Crippen molar-refractivity contribution in [3.05, 3.63) is 58.0 Å². The van der Waals surface area contributed by atoms with Crippen LogP contribution in [-0.2, 0) is 4.79 Å². The zero-order chi connectivity index (χ0) is 16.8. The molecule has 7 nitrogen and oxygen atoms in total. The highest BCUT2D eigenvalue weighted by Gasteiger charge is 2.17. The fourth-order valence-electron chi connectivity index (χ4n) is 1.81. The Morgan fingerprint density at radius 2 is 2.22 bits per heavy atom. The first kappa shape index (κ1) is 16.3. The Balaban J connectivity index is 1.90. The van der Waals surface area contributed by atoms with E-state index >= 15 is 0 Å². The Kier molecular flexibility index (Phi) is 5.19. The normalized spacial score (nSPS) is 10.2. The minimum atomic E-state index is -0.595. The summed E-state index contributed by atoms with van der Waals surface area (Å²) in [5.74, 6) is -0.997. The summed E-state index contributed by atoms with van der Waals surface area (Å²) in [6.07, 6.45) is 1.39. The Morgan fingerprint density at radius 3 is 2.91 bits per heavy atom. The number of hydrogen-bond donors (Lipinski definition) is 1. The second kappa shape index (κ2) is 7.30. The summed E-state index contributed by atoms with van der Waals surface area (Å²) in [5, 5.41) is 13.4. The Hall–Kier alpha value is -3.03.